The highest BCUT2D eigenvalue weighted by Crippen LogP contribution is 2.25. The van der Waals surface area contributed by atoms with Gasteiger partial charge in [0.15, 0.2) is 11.6 Å². The summed E-state index contributed by atoms with van der Waals surface area (Å²) in [5, 5.41) is 12.9. The highest BCUT2D eigenvalue weighted by molar-refractivity contribution is 5.49. The first-order chi connectivity index (χ1) is 9.63. The van der Waals surface area contributed by atoms with E-state index in [0.29, 0.717) is 23.5 Å². The van der Waals surface area contributed by atoms with Gasteiger partial charge < -0.3 is 19.9 Å². The van der Waals surface area contributed by atoms with Crippen molar-refractivity contribution in [2.24, 2.45) is 0 Å². The molecule has 0 aliphatic rings. The third kappa shape index (κ3) is 3.12. The summed E-state index contributed by atoms with van der Waals surface area (Å²) in [7, 11) is 2.95. The quantitative estimate of drug-likeness (QED) is 0.881. The topological polar surface area (TPSA) is 50.7 Å². The summed E-state index contributed by atoms with van der Waals surface area (Å²) in [6.45, 7) is 0.377. The summed E-state index contributed by atoms with van der Waals surface area (Å²) < 4.78 is 23.4. The molecule has 0 saturated carbocycles. The maximum absolute atomic E-state index is 13.5. The number of anilines is 1. The molecule has 0 atom stereocenters. The van der Waals surface area contributed by atoms with E-state index in [0.717, 1.165) is 0 Å². The van der Waals surface area contributed by atoms with Crippen LogP contribution in [0.3, 0.4) is 0 Å². The first kappa shape index (κ1) is 14.0. The third-order valence-electron chi connectivity index (χ3n) is 2.93. The number of ether oxygens (including phenoxy) is 2. The van der Waals surface area contributed by atoms with Gasteiger partial charge in [-0.25, -0.2) is 4.39 Å². The molecular formula is C15H16FNO3. The van der Waals surface area contributed by atoms with Gasteiger partial charge in [0, 0.05) is 29.9 Å². The maximum atomic E-state index is 13.5. The Morgan fingerprint density at radius 2 is 1.90 bits per heavy atom. The zero-order chi connectivity index (χ0) is 14.5. The minimum Gasteiger partial charge on any atom is -0.507 e. The average Bonchev–Trinajstić information content (AvgIpc) is 2.46. The van der Waals surface area contributed by atoms with Crippen molar-refractivity contribution in [2.45, 2.75) is 6.54 Å². The van der Waals surface area contributed by atoms with Crippen LogP contribution in [-0.2, 0) is 6.54 Å². The second kappa shape index (κ2) is 6.14. The number of methoxy groups -OCH3 is 2. The van der Waals surface area contributed by atoms with Crippen LogP contribution in [0, 0.1) is 5.82 Å². The van der Waals surface area contributed by atoms with E-state index in [-0.39, 0.29) is 11.5 Å². The van der Waals surface area contributed by atoms with Crippen LogP contribution in [0.5, 0.6) is 17.2 Å². The summed E-state index contributed by atoms with van der Waals surface area (Å²) >= 11 is 0. The summed E-state index contributed by atoms with van der Waals surface area (Å²) in [6, 6.07) is 9.64. The number of phenols is 1. The van der Waals surface area contributed by atoms with Gasteiger partial charge in [0.05, 0.1) is 14.2 Å². The molecule has 106 valence electrons. The second-order valence-corrected chi connectivity index (χ2v) is 4.20. The van der Waals surface area contributed by atoms with Gasteiger partial charge in [-0.15, -0.1) is 0 Å². The van der Waals surface area contributed by atoms with E-state index in [2.05, 4.69) is 5.32 Å². The normalized spacial score (nSPS) is 10.2. The van der Waals surface area contributed by atoms with Crippen molar-refractivity contribution >= 4 is 5.69 Å². The molecule has 0 heterocycles. The Bertz CT molecular complexity index is 602. The van der Waals surface area contributed by atoms with Crippen molar-refractivity contribution in [3.05, 3.63) is 47.8 Å². The fraction of sp³-hybridized carbons (Fsp3) is 0.200. The predicted molar refractivity (Wildman–Crippen MR) is 74.9 cm³/mol. The lowest BCUT2D eigenvalue weighted by Crippen LogP contribution is -2.00. The van der Waals surface area contributed by atoms with Crippen LogP contribution >= 0.6 is 0 Å². The zero-order valence-electron chi connectivity index (χ0n) is 11.3. The number of hydrogen-bond donors (Lipinski definition) is 2. The molecule has 2 N–H and O–H groups in total. The Kier molecular flexibility index (Phi) is 4.30. The number of hydrogen-bond acceptors (Lipinski definition) is 4. The summed E-state index contributed by atoms with van der Waals surface area (Å²) in [4.78, 5) is 0. The van der Waals surface area contributed by atoms with Gasteiger partial charge in [0.1, 0.15) is 11.5 Å². The van der Waals surface area contributed by atoms with E-state index < -0.39 is 5.82 Å². The third-order valence-corrected chi connectivity index (χ3v) is 2.93. The molecule has 0 bridgehead atoms. The molecule has 2 aromatic rings. The number of rotatable bonds is 5. The molecule has 0 aliphatic heterocycles. The van der Waals surface area contributed by atoms with E-state index in [4.69, 9.17) is 9.47 Å². The lowest BCUT2D eigenvalue weighted by molar-refractivity contribution is 0.386. The summed E-state index contributed by atoms with van der Waals surface area (Å²) in [5.41, 5.74) is 1.31. The van der Waals surface area contributed by atoms with Crippen molar-refractivity contribution in [3.63, 3.8) is 0 Å². The van der Waals surface area contributed by atoms with Crippen molar-refractivity contribution in [1.82, 2.24) is 0 Å². The first-order valence-corrected chi connectivity index (χ1v) is 6.07. The number of halogens is 1. The van der Waals surface area contributed by atoms with Gasteiger partial charge in [0.2, 0.25) is 0 Å². The maximum Gasteiger partial charge on any atom is 0.167 e. The molecule has 0 amide bonds. The fourth-order valence-electron chi connectivity index (χ4n) is 1.79. The van der Waals surface area contributed by atoms with Crippen LogP contribution in [0.15, 0.2) is 36.4 Å². The van der Waals surface area contributed by atoms with Gasteiger partial charge in [-0.2, -0.15) is 0 Å². The second-order valence-electron chi connectivity index (χ2n) is 4.20. The van der Waals surface area contributed by atoms with E-state index in [1.807, 2.05) is 0 Å². The molecule has 0 saturated heterocycles. The van der Waals surface area contributed by atoms with Crippen LogP contribution < -0.4 is 14.8 Å². The Labute approximate surface area is 116 Å². The van der Waals surface area contributed by atoms with Crippen molar-refractivity contribution in [3.8, 4) is 17.2 Å². The standard InChI is InChI=1S/C15H16FNO3/c1-19-12-5-3-10(14(18)8-12)9-17-11-4-6-15(20-2)13(16)7-11/h3-8,17-18H,9H2,1-2H3. The minimum absolute atomic E-state index is 0.130. The molecule has 0 aliphatic carbocycles. The molecule has 0 fully saturated rings. The van der Waals surface area contributed by atoms with Gasteiger partial charge >= 0.3 is 0 Å². The predicted octanol–water partition coefficient (Wildman–Crippen LogP) is 3.16. The van der Waals surface area contributed by atoms with Crippen molar-refractivity contribution in [1.29, 1.82) is 0 Å². The molecule has 5 heteroatoms. The minimum atomic E-state index is -0.434. The van der Waals surface area contributed by atoms with E-state index in [1.54, 1.807) is 24.3 Å². The van der Waals surface area contributed by atoms with E-state index in [9.17, 15) is 9.50 Å². The van der Waals surface area contributed by atoms with Crippen LogP contribution in [0.25, 0.3) is 0 Å². The highest BCUT2D eigenvalue weighted by Gasteiger charge is 2.05. The first-order valence-electron chi connectivity index (χ1n) is 6.07. The largest absolute Gasteiger partial charge is 0.507 e. The highest BCUT2D eigenvalue weighted by atomic mass is 19.1. The molecule has 0 radical (unpaired) electrons. The number of aromatic hydroxyl groups is 1. The molecule has 0 unspecified atom stereocenters. The van der Waals surface area contributed by atoms with Crippen LogP contribution in [0.4, 0.5) is 10.1 Å². The average molecular weight is 277 g/mol. The Morgan fingerprint density at radius 3 is 2.50 bits per heavy atom. The van der Waals surface area contributed by atoms with E-state index in [1.165, 1.54) is 26.4 Å². The molecule has 4 nitrogen and oxygen atoms in total. The SMILES string of the molecule is COc1ccc(CNc2ccc(OC)c(F)c2)c(O)c1. The fourth-order valence-corrected chi connectivity index (χ4v) is 1.79. The molecule has 0 aromatic heterocycles. The van der Waals surface area contributed by atoms with Crippen LogP contribution in [-0.4, -0.2) is 19.3 Å². The van der Waals surface area contributed by atoms with E-state index >= 15 is 0 Å². The monoisotopic (exact) mass is 277 g/mol. The lowest BCUT2D eigenvalue weighted by Gasteiger charge is -2.10. The van der Waals surface area contributed by atoms with Gasteiger partial charge in [0.25, 0.3) is 0 Å². The molecule has 2 aromatic carbocycles. The van der Waals surface area contributed by atoms with Crippen LogP contribution in [0.1, 0.15) is 5.56 Å². The van der Waals surface area contributed by atoms with Crippen molar-refractivity contribution < 1.29 is 19.0 Å². The van der Waals surface area contributed by atoms with Gasteiger partial charge in [-0.1, -0.05) is 0 Å². The smallest absolute Gasteiger partial charge is 0.167 e. The molecule has 20 heavy (non-hydrogen) atoms. The number of benzene rings is 2. The Balaban J connectivity index is 2.07. The van der Waals surface area contributed by atoms with Gasteiger partial charge in [-0.05, 0) is 24.3 Å². The Morgan fingerprint density at radius 1 is 1.10 bits per heavy atom. The Hall–Kier alpha value is -2.43. The zero-order valence-corrected chi connectivity index (χ0v) is 11.3. The van der Waals surface area contributed by atoms with Crippen molar-refractivity contribution in [2.75, 3.05) is 19.5 Å². The number of nitrogens with one attached hydrogen (secondary N) is 1. The van der Waals surface area contributed by atoms with Gasteiger partial charge in [-0.3, -0.25) is 0 Å². The molecule has 2 rings (SSSR count). The summed E-state index contributed by atoms with van der Waals surface area (Å²) in [5.74, 6) is 0.479. The molecule has 0 spiro atoms. The molecular weight excluding hydrogens is 261 g/mol. The number of phenolic OH excluding ortho intramolecular Hbond substituents is 1. The van der Waals surface area contributed by atoms with Crippen LogP contribution in [0.2, 0.25) is 0 Å². The lowest BCUT2D eigenvalue weighted by atomic mass is 10.2. The summed E-state index contributed by atoms with van der Waals surface area (Å²) in [6.07, 6.45) is 0.